The molecule has 0 amide bonds. The van der Waals surface area contributed by atoms with Crippen molar-refractivity contribution in [2.75, 3.05) is 0 Å². The van der Waals surface area contributed by atoms with Crippen LogP contribution in [-0.2, 0) is 11.2 Å². The number of nitrogens with zero attached hydrogens (tertiary/aromatic N) is 1. The number of aliphatic carboxylic acids is 1. The highest BCUT2D eigenvalue weighted by molar-refractivity contribution is 6.44. The normalized spacial score (nSPS) is 10.5. The van der Waals surface area contributed by atoms with Crippen molar-refractivity contribution >= 4 is 40.8 Å². The van der Waals surface area contributed by atoms with Crippen molar-refractivity contribution in [3.05, 3.63) is 51.2 Å². The molecule has 3 nitrogen and oxygen atoms in total. The molecular weight excluding hydrogens is 309 g/mol. The highest BCUT2D eigenvalue weighted by Crippen LogP contribution is 2.36. The molecule has 0 bridgehead atoms. The standard InChI is InChI=1S/C13H8Cl3NO2/c14-10-3-1-2-8(12(10)15)9-4-7(5-11(18)19)6-17-13(9)16/h1-4,6H,5H2,(H,18,19). The number of rotatable bonds is 3. The fraction of sp³-hybridized carbons (Fsp3) is 0.0769. The maximum atomic E-state index is 10.7. The molecule has 1 aromatic heterocycles. The largest absolute Gasteiger partial charge is 0.481 e. The Morgan fingerprint density at radius 1 is 1.21 bits per heavy atom. The monoisotopic (exact) mass is 315 g/mol. The highest BCUT2D eigenvalue weighted by atomic mass is 35.5. The second-order valence-corrected chi connectivity index (χ2v) is 5.00. The highest BCUT2D eigenvalue weighted by Gasteiger charge is 2.13. The summed E-state index contributed by atoms with van der Waals surface area (Å²) in [5, 5.41) is 9.80. The predicted octanol–water partition coefficient (Wildman–Crippen LogP) is 4.34. The smallest absolute Gasteiger partial charge is 0.307 e. The summed E-state index contributed by atoms with van der Waals surface area (Å²) in [6.07, 6.45) is 1.30. The van der Waals surface area contributed by atoms with Crippen molar-refractivity contribution in [3.63, 3.8) is 0 Å². The van der Waals surface area contributed by atoms with Crippen molar-refractivity contribution < 1.29 is 9.90 Å². The van der Waals surface area contributed by atoms with Crippen LogP contribution in [-0.4, -0.2) is 16.1 Å². The third-order valence-corrected chi connectivity index (χ3v) is 3.61. The second-order valence-electron chi connectivity index (χ2n) is 3.85. The first-order valence-electron chi connectivity index (χ1n) is 5.29. The van der Waals surface area contributed by atoms with E-state index in [1.165, 1.54) is 6.20 Å². The molecular formula is C13H8Cl3NO2. The van der Waals surface area contributed by atoms with E-state index in [9.17, 15) is 4.79 Å². The molecule has 6 heteroatoms. The third-order valence-electron chi connectivity index (χ3n) is 2.49. The molecule has 0 radical (unpaired) electrons. The van der Waals surface area contributed by atoms with E-state index < -0.39 is 5.97 Å². The molecule has 98 valence electrons. The minimum absolute atomic E-state index is 0.130. The number of hydrogen-bond donors (Lipinski definition) is 1. The van der Waals surface area contributed by atoms with Gasteiger partial charge in [-0.15, -0.1) is 0 Å². The molecule has 0 saturated heterocycles. The Morgan fingerprint density at radius 3 is 2.63 bits per heavy atom. The van der Waals surface area contributed by atoms with Crippen LogP contribution >= 0.6 is 34.8 Å². The Kier molecular flexibility index (Phi) is 4.30. The van der Waals surface area contributed by atoms with Crippen molar-refractivity contribution in [2.24, 2.45) is 0 Å². The summed E-state index contributed by atoms with van der Waals surface area (Å²) in [6, 6.07) is 6.81. The van der Waals surface area contributed by atoms with Crippen molar-refractivity contribution in [1.29, 1.82) is 0 Å². The summed E-state index contributed by atoms with van der Waals surface area (Å²) in [5.74, 6) is -0.938. The summed E-state index contributed by atoms with van der Waals surface area (Å²) >= 11 is 18.1. The summed E-state index contributed by atoms with van der Waals surface area (Å²) < 4.78 is 0. The number of benzene rings is 1. The fourth-order valence-electron chi connectivity index (χ4n) is 1.66. The van der Waals surface area contributed by atoms with Crippen LogP contribution in [0.1, 0.15) is 5.56 Å². The summed E-state index contributed by atoms with van der Waals surface area (Å²) in [6.45, 7) is 0. The Bertz CT molecular complexity index is 644. The van der Waals surface area contributed by atoms with Crippen LogP contribution in [0.4, 0.5) is 0 Å². The van der Waals surface area contributed by atoms with Crippen LogP contribution in [0.3, 0.4) is 0 Å². The quantitative estimate of drug-likeness (QED) is 0.857. The van der Waals surface area contributed by atoms with Gasteiger partial charge in [0.15, 0.2) is 0 Å². The summed E-state index contributed by atoms with van der Waals surface area (Å²) in [4.78, 5) is 14.7. The molecule has 2 aromatic rings. The van der Waals surface area contributed by atoms with Gasteiger partial charge in [0, 0.05) is 17.3 Å². The molecule has 0 aliphatic heterocycles. The van der Waals surface area contributed by atoms with Gasteiger partial charge in [0.25, 0.3) is 0 Å². The average Bonchev–Trinajstić information content (AvgIpc) is 2.35. The maximum absolute atomic E-state index is 10.7. The molecule has 0 aliphatic carbocycles. The molecule has 1 aromatic carbocycles. The van der Waals surface area contributed by atoms with Gasteiger partial charge >= 0.3 is 5.97 Å². The molecule has 2 rings (SSSR count). The Balaban J connectivity index is 2.54. The molecule has 0 unspecified atom stereocenters. The van der Waals surface area contributed by atoms with Crippen LogP contribution < -0.4 is 0 Å². The van der Waals surface area contributed by atoms with E-state index in [0.717, 1.165) is 0 Å². The Labute approximate surface area is 124 Å². The van der Waals surface area contributed by atoms with Crippen LogP contribution in [0.5, 0.6) is 0 Å². The topological polar surface area (TPSA) is 50.2 Å². The van der Waals surface area contributed by atoms with E-state index in [0.29, 0.717) is 26.7 Å². The molecule has 19 heavy (non-hydrogen) atoms. The van der Waals surface area contributed by atoms with E-state index in [-0.39, 0.29) is 11.6 Å². The number of pyridine rings is 1. The first kappa shape index (κ1) is 14.1. The molecule has 0 saturated carbocycles. The third kappa shape index (κ3) is 3.18. The predicted molar refractivity (Wildman–Crippen MR) is 76.0 cm³/mol. The average molecular weight is 317 g/mol. The Hall–Kier alpha value is -1.29. The van der Waals surface area contributed by atoms with Crippen molar-refractivity contribution in [1.82, 2.24) is 4.98 Å². The lowest BCUT2D eigenvalue weighted by Gasteiger charge is -2.09. The maximum Gasteiger partial charge on any atom is 0.307 e. The number of halogens is 3. The molecule has 0 atom stereocenters. The fourth-order valence-corrected chi connectivity index (χ4v) is 2.27. The number of carboxylic acids is 1. The minimum atomic E-state index is -0.938. The van der Waals surface area contributed by atoms with E-state index in [4.69, 9.17) is 39.9 Å². The molecule has 0 aliphatic rings. The molecule has 0 spiro atoms. The number of aromatic nitrogens is 1. The summed E-state index contributed by atoms with van der Waals surface area (Å²) in [5.41, 5.74) is 1.73. The zero-order chi connectivity index (χ0) is 14.0. The van der Waals surface area contributed by atoms with E-state index in [1.54, 1.807) is 24.3 Å². The molecule has 0 fully saturated rings. The van der Waals surface area contributed by atoms with Gasteiger partial charge in [0.2, 0.25) is 0 Å². The van der Waals surface area contributed by atoms with Crippen LogP contribution in [0.2, 0.25) is 15.2 Å². The first-order chi connectivity index (χ1) is 8.99. The van der Waals surface area contributed by atoms with Gasteiger partial charge in [0.05, 0.1) is 16.5 Å². The van der Waals surface area contributed by atoms with Gasteiger partial charge in [-0.2, -0.15) is 0 Å². The van der Waals surface area contributed by atoms with Crippen molar-refractivity contribution in [3.8, 4) is 11.1 Å². The lowest BCUT2D eigenvalue weighted by molar-refractivity contribution is -0.136. The zero-order valence-electron chi connectivity index (χ0n) is 9.53. The number of hydrogen-bond acceptors (Lipinski definition) is 2. The van der Waals surface area contributed by atoms with E-state index >= 15 is 0 Å². The summed E-state index contributed by atoms with van der Waals surface area (Å²) in [7, 11) is 0. The Morgan fingerprint density at radius 2 is 1.95 bits per heavy atom. The van der Waals surface area contributed by atoms with Crippen molar-refractivity contribution in [2.45, 2.75) is 6.42 Å². The van der Waals surface area contributed by atoms with Gasteiger partial charge < -0.3 is 5.11 Å². The van der Waals surface area contributed by atoms with Gasteiger partial charge in [-0.25, -0.2) is 4.98 Å². The molecule has 1 N–H and O–H groups in total. The lowest BCUT2D eigenvalue weighted by Crippen LogP contribution is -2.01. The number of carbonyl (C=O) groups is 1. The number of carboxylic acid groups (broad SMARTS) is 1. The van der Waals surface area contributed by atoms with Crippen LogP contribution in [0.15, 0.2) is 30.5 Å². The van der Waals surface area contributed by atoms with Crippen LogP contribution in [0.25, 0.3) is 11.1 Å². The SMILES string of the molecule is O=C(O)Cc1cnc(Cl)c(-c2cccc(Cl)c2Cl)c1. The lowest BCUT2D eigenvalue weighted by atomic mass is 10.0. The second kappa shape index (κ2) is 5.78. The molecule has 1 heterocycles. The van der Waals surface area contributed by atoms with Gasteiger partial charge in [-0.1, -0.05) is 46.9 Å². The minimum Gasteiger partial charge on any atom is -0.481 e. The van der Waals surface area contributed by atoms with Gasteiger partial charge in [-0.3, -0.25) is 4.79 Å². The van der Waals surface area contributed by atoms with Gasteiger partial charge in [-0.05, 0) is 17.7 Å². The zero-order valence-corrected chi connectivity index (χ0v) is 11.8. The van der Waals surface area contributed by atoms with E-state index in [2.05, 4.69) is 4.98 Å². The van der Waals surface area contributed by atoms with E-state index in [1.807, 2.05) is 0 Å². The van der Waals surface area contributed by atoms with Gasteiger partial charge in [0.1, 0.15) is 5.15 Å². The van der Waals surface area contributed by atoms with Crippen LogP contribution in [0, 0.1) is 0 Å². The first-order valence-corrected chi connectivity index (χ1v) is 6.43.